The number of alkyl halides is 4. The summed E-state index contributed by atoms with van der Waals surface area (Å²) in [6.07, 6.45) is 5.03. The van der Waals surface area contributed by atoms with Crippen LogP contribution < -0.4 is 29.4 Å². The zero-order chi connectivity index (χ0) is 20.6. The fourth-order valence-corrected chi connectivity index (χ4v) is 3.93. The first-order chi connectivity index (χ1) is 12.3. The van der Waals surface area contributed by atoms with Gasteiger partial charge in [0.2, 0.25) is 0 Å². The van der Waals surface area contributed by atoms with Crippen molar-refractivity contribution in [3.05, 3.63) is 0 Å². The third kappa shape index (κ3) is 12.9. The maximum absolute atomic E-state index is 12.9. The van der Waals surface area contributed by atoms with E-state index in [1.165, 1.54) is 0 Å². The minimum absolute atomic E-state index is 0. The Hall–Kier alpha value is 0.410. The molecule has 0 bridgehead atoms. The van der Waals surface area contributed by atoms with E-state index in [0.29, 0.717) is 39.3 Å². The minimum atomic E-state index is -2.21. The quantitative estimate of drug-likeness (QED) is 0.184. The molecule has 0 N–H and O–H groups in total. The normalized spacial score (nSPS) is 11.6. The Morgan fingerprint density at radius 2 is 0.607 bits per heavy atom. The number of hydrogen-bond donors (Lipinski definition) is 0. The third-order valence-corrected chi connectivity index (χ3v) is 4.84. The summed E-state index contributed by atoms with van der Waals surface area (Å²) < 4.78 is 51.6. The molecule has 0 aromatic rings. The highest BCUT2D eigenvalue weighted by Crippen LogP contribution is 2.20. The van der Waals surface area contributed by atoms with E-state index in [1.807, 2.05) is 41.5 Å². The first kappa shape index (κ1) is 35.8. The van der Waals surface area contributed by atoms with Crippen LogP contribution in [0.3, 0.4) is 0 Å². The van der Waals surface area contributed by atoms with Crippen molar-refractivity contribution in [2.24, 2.45) is 0 Å². The molecule has 0 aliphatic heterocycles. The summed E-state index contributed by atoms with van der Waals surface area (Å²) in [5.41, 5.74) is 0. The number of rotatable bonds is 14. The van der Waals surface area contributed by atoms with E-state index >= 15 is 0 Å². The highest BCUT2D eigenvalue weighted by atomic mass is 79.9. The van der Waals surface area contributed by atoms with Crippen LogP contribution in [-0.2, 0) is 0 Å². The second kappa shape index (κ2) is 20.7. The molecule has 0 spiro atoms. The maximum Gasteiger partial charge on any atom is 0.380 e. The summed E-state index contributed by atoms with van der Waals surface area (Å²) in [5, 5.41) is 0. The van der Waals surface area contributed by atoms with Gasteiger partial charge in [0.25, 0.3) is 0 Å². The Labute approximate surface area is 188 Å². The van der Waals surface area contributed by atoms with E-state index in [4.69, 9.17) is 0 Å². The average molecular weight is 504 g/mol. The van der Waals surface area contributed by atoms with Gasteiger partial charge >= 0.3 is 13.1 Å². The van der Waals surface area contributed by atoms with Crippen molar-refractivity contribution in [1.29, 1.82) is 0 Å². The number of hydrogen-bond acceptors (Lipinski definition) is 0. The van der Waals surface area contributed by atoms with Crippen molar-refractivity contribution in [1.82, 2.24) is 0 Å². The van der Waals surface area contributed by atoms with Crippen molar-refractivity contribution >= 4 is 0 Å². The lowest BCUT2D eigenvalue weighted by molar-refractivity contribution is -0.979. The summed E-state index contributed by atoms with van der Waals surface area (Å²) >= 11 is 0. The third-order valence-electron chi connectivity index (χ3n) is 4.84. The van der Waals surface area contributed by atoms with E-state index in [-0.39, 0.29) is 38.4 Å². The van der Waals surface area contributed by atoms with Gasteiger partial charge in [0.05, 0.1) is 39.3 Å². The van der Waals surface area contributed by atoms with Crippen molar-refractivity contribution < 1.29 is 55.9 Å². The first-order valence-electron chi connectivity index (χ1n) is 10.5. The monoisotopic (exact) mass is 502 g/mol. The molecule has 0 heterocycles. The van der Waals surface area contributed by atoms with Crippen molar-refractivity contribution in [2.75, 3.05) is 39.3 Å². The molecule has 0 rings (SSSR count). The molecule has 0 aromatic heterocycles. The summed E-state index contributed by atoms with van der Waals surface area (Å²) in [7, 11) is 0. The molecule has 2 nitrogen and oxygen atoms in total. The fraction of sp³-hybridized carbons (Fsp3) is 1.00. The second-order valence-corrected chi connectivity index (χ2v) is 7.33. The van der Waals surface area contributed by atoms with Crippen molar-refractivity contribution in [3.63, 3.8) is 0 Å². The van der Waals surface area contributed by atoms with Gasteiger partial charge < -0.3 is 29.4 Å². The Bertz CT molecular complexity index is 261. The summed E-state index contributed by atoms with van der Waals surface area (Å²) in [4.78, 5) is 0. The van der Waals surface area contributed by atoms with Crippen LogP contribution in [0.15, 0.2) is 0 Å². The van der Waals surface area contributed by atoms with Gasteiger partial charge in [-0.3, -0.25) is 8.97 Å². The second-order valence-electron chi connectivity index (χ2n) is 7.33. The first-order valence-corrected chi connectivity index (χ1v) is 10.5. The predicted molar refractivity (Wildman–Crippen MR) is 103 cm³/mol. The Balaban J connectivity index is -0.000000192. The van der Waals surface area contributed by atoms with Crippen molar-refractivity contribution in [3.8, 4) is 0 Å². The smallest absolute Gasteiger partial charge is 0.380 e. The standard InChI is InChI=1S/2C10H22F2N.BrH.ClH/c2*1-4-7-13(8-5-2,9-6-3)10(11)12;;/h2*10H,4-9H2,1-3H3;2*1H/q2*+1;;/p-2. The molecule has 0 saturated carbocycles. The topological polar surface area (TPSA) is 0 Å². The van der Waals surface area contributed by atoms with Crippen LogP contribution in [0.2, 0.25) is 0 Å². The van der Waals surface area contributed by atoms with Crippen LogP contribution in [0.1, 0.15) is 80.1 Å². The van der Waals surface area contributed by atoms with Gasteiger partial charge in [0.1, 0.15) is 0 Å². The van der Waals surface area contributed by atoms with Gasteiger partial charge in [-0.15, -0.1) is 0 Å². The summed E-state index contributed by atoms with van der Waals surface area (Å²) in [6, 6.07) is 0. The highest BCUT2D eigenvalue weighted by Gasteiger charge is 2.35. The number of halogens is 6. The van der Waals surface area contributed by atoms with Crippen LogP contribution in [0.4, 0.5) is 17.6 Å². The molecule has 0 aliphatic rings. The lowest BCUT2D eigenvalue weighted by Crippen LogP contribution is -3.00. The molecule has 8 heteroatoms. The molecular weight excluding hydrogens is 460 g/mol. The largest absolute Gasteiger partial charge is 1.00 e. The molecule has 176 valence electrons. The molecule has 0 aromatic carbocycles. The van der Waals surface area contributed by atoms with Crippen LogP contribution >= 0.6 is 0 Å². The zero-order valence-corrected chi connectivity index (χ0v) is 21.1. The summed E-state index contributed by atoms with van der Waals surface area (Å²) in [5.74, 6) is 0. The van der Waals surface area contributed by atoms with Crippen LogP contribution in [0.5, 0.6) is 0 Å². The van der Waals surface area contributed by atoms with Gasteiger partial charge in [0.15, 0.2) is 0 Å². The van der Waals surface area contributed by atoms with Crippen LogP contribution in [0, 0.1) is 0 Å². The Morgan fingerprint density at radius 1 is 0.464 bits per heavy atom. The van der Waals surface area contributed by atoms with E-state index < -0.39 is 13.1 Å². The molecular formula is C20H44BrClF4N2. The maximum atomic E-state index is 12.9. The van der Waals surface area contributed by atoms with Gasteiger partial charge in [-0.2, -0.15) is 17.6 Å². The van der Waals surface area contributed by atoms with E-state index in [9.17, 15) is 17.6 Å². The van der Waals surface area contributed by atoms with E-state index in [0.717, 1.165) is 38.5 Å². The molecule has 0 fully saturated rings. The van der Waals surface area contributed by atoms with E-state index in [1.54, 1.807) is 0 Å². The fourth-order valence-electron chi connectivity index (χ4n) is 3.93. The molecule has 0 radical (unpaired) electrons. The molecule has 0 atom stereocenters. The molecule has 0 saturated heterocycles. The lowest BCUT2D eigenvalue weighted by Gasteiger charge is -2.36. The number of quaternary nitrogens is 2. The average Bonchev–Trinajstić information content (AvgIpc) is 2.56. The van der Waals surface area contributed by atoms with Crippen LogP contribution in [0.25, 0.3) is 0 Å². The molecule has 0 amide bonds. The van der Waals surface area contributed by atoms with E-state index in [2.05, 4.69) is 0 Å². The molecule has 0 unspecified atom stereocenters. The highest BCUT2D eigenvalue weighted by molar-refractivity contribution is 4.43. The number of nitrogens with zero attached hydrogens (tertiary/aromatic N) is 2. The van der Waals surface area contributed by atoms with Gasteiger partial charge in [0, 0.05) is 0 Å². The summed E-state index contributed by atoms with van der Waals surface area (Å²) in [6.45, 7) is 11.1. The molecule has 0 aliphatic carbocycles. The Kier molecular flexibility index (Phi) is 26.4. The van der Waals surface area contributed by atoms with Gasteiger partial charge in [-0.1, -0.05) is 41.5 Å². The Morgan fingerprint density at radius 3 is 0.679 bits per heavy atom. The lowest BCUT2D eigenvalue weighted by atomic mass is 10.2. The molecule has 28 heavy (non-hydrogen) atoms. The van der Waals surface area contributed by atoms with Gasteiger partial charge in [-0.05, 0) is 38.5 Å². The van der Waals surface area contributed by atoms with Crippen molar-refractivity contribution in [2.45, 2.75) is 93.2 Å². The van der Waals surface area contributed by atoms with Crippen LogP contribution in [-0.4, -0.2) is 61.3 Å². The minimum Gasteiger partial charge on any atom is -1.00 e. The SMILES string of the molecule is CCC[N+](CCC)(CCC)C(F)F.CCC[N+](CCC)(CCC)C(F)F.[Br-].[Cl-]. The van der Waals surface area contributed by atoms with Gasteiger partial charge in [-0.25, -0.2) is 0 Å². The predicted octanol–water partition coefficient (Wildman–Crippen LogP) is 0.520. The zero-order valence-electron chi connectivity index (χ0n) is 18.8.